The first kappa shape index (κ1) is 15.1. The molecule has 2 rings (SSSR count). The Morgan fingerprint density at radius 1 is 1.23 bits per heavy atom. The SMILES string of the molecule is CC1(C)CC(=O)Nc2cc(NC(C#N)=C(C#N)C#N)ccc21. The smallest absolute Gasteiger partial charge is 0.225 e. The third-order valence-electron chi connectivity index (χ3n) is 3.48. The number of carbonyl (C=O) groups is 1. The summed E-state index contributed by atoms with van der Waals surface area (Å²) < 4.78 is 0. The molecule has 1 aromatic carbocycles. The van der Waals surface area contributed by atoms with Crippen molar-refractivity contribution < 1.29 is 4.79 Å². The molecule has 0 fully saturated rings. The van der Waals surface area contributed by atoms with Crippen LogP contribution >= 0.6 is 0 Å². The molecule has 0 saturated heterocycles. The van der Waals surface area contributed by atoms with Crippen LogP contribution in [0.2, 0.25) is 0 Å². The van der Waals surface area contributed by atoms with E-state index in [-0.39, 0.29) is 22.6 Å². The number of benzene rings is 1. The Kier molecular flexibility index (Phi) is 3.84. The lowest BCUT2D eigenvalue weighted by atomic mass is 9.78. The highest BCUT2D eigenvalue weighted by atomic mass is 16.1. The van der Waals surface area contributed by atoms with Gasteiger partial charge in [-0.05, 0) is 17.7 Å². The molecule has 6 heteroatoms. The Morgan fingerprint density at radius 2 is 1.91 bits per heavy atom. The summed E-state index contributed by atoms with van der Waals surface area (Å²) in [7, 11) is 0. The summed E-state index contributed by atoms with van der Waals surface area (Å²) in [6.07, 6.45) is 0.406. The van der Waals surface area contributed by atoms with Crippen molar-refractivity contribution in [2.24, 2.45) is 0 Å². The van der Waals surface area contributed by atoms with Crippen molar-refractivity contribution in [2.45, 2.75) is 25.7 Å². The van der Waals surface area contributed by atoms with E-state index in [4.69, 9.17) is 15.8 Å². The van der Waals surface area contributed by atoms with E-state index in [2.05, 4.69) is 10.6 Å². The third-order valence-corrected chi connectivity index (χ3v) is 3.48. The fourth-order valence-corrected chi connectivity index (χ4v) is 2.43. The highest BCUT2D eigenvalue weighted by molar-refractivity contribution is 5.96. The van der Waals surface area contributed by atoms with Gasteiger partial charge in [-0.1, -0.05) is 19.9 Å². The Hall–Kier alpha value is -3.30. The first-order valence-corrected chi connectivity index (χ1v) is 6.57. The Bertz CT molecular complexity index is 783. The van der Waals surface area contributed by atoms with Crippen molar-refractivity contribution in [3.63, 3.8) is 0 Å². The normalized spacial score (nSPS) is 14.4. The monoisotopic (exact) mass is 291 g/mol. The zero-order valence-corrected chi connectivity index (χ0v) is 12.2. The molecule has 1 heterocycles. The van der Waals surface area contributed by atoms with Gasteiger partial charge in [0, 0.05) is 23.2 Å². The second-order valence-corrected chi connectivity index (χ2v) is 5.58. The standard InChI is InChI=1S/C16H13N5O/c1-16(2)6-15(22)21-13-5-11(3-4-12(13)16)20-14(9-19)10(7-17)8-18/h3-5,20H,6H2,1-2H3,(H,21,22). The maximum absolute atomic E-state index is 11.8. The molecule has 0 atom stereocenters. The van der Waals surface area contributed by atoms with Gasteiger partial charge in [0.15, 0.2) is 5.57 Å². The lowest BCUT2D eigenvalue weighted by Crippen LogP contribution is -2.32. The quantitative estimate of drug-likeness (QED) is 0.813. The minimum atomic E-state index is -0.287. The fraction of sp³-hybridized carbons (Fsp3) is 0.250. The number of amides is 1. The first-order valence-electron chi connectivity index (χ1n) is 6.57. The second-order valence-electron chi connectivity index (χ2n) is 5.58. The van der Waals surface area contributed by atoms with Crippen LogP contribution in [0.5, 0.6) is 0 Å². The zero-order valence-electron chi connectivity index (χ0n) is 12.2. The van der Waals surface area contributed by atoms with Crippen LogP contribution in [0.15, 0.2) is 29.5 Å². The predicted octanol–water partition coefficient (Wildman–Crippen LogP) is 2.54. The molecule has 0 aliphatic carbocycles. The highest BCUT2D eigenvalue weighted by Crippen LogP contribution is 2.38. The maximum Gasteiger partial charge on any atom is 0.225 e. The van der Waals surface area contributed by atoms with E-state index < -0.39 is 0 Å². The number of hydrogen-bond donors (Lipinski definition) is 2. The second kappa shape index (κ2) is 5.60. The minimum absolute atomic E-state index is 0.0690. The molecule has 0 saturated carbocycles. The van der Waals surface area contributed by atoms with Gasteiger partial charge in [-0.25, -0.2) is 0 Å². The largest absolute Gasteiger partial charge is 0.345 e. The minimum Gasteiger partial charge on any atom is -0.345 e. The van der Waals surface area contributed by atoms with Crippen LogP contribution in [-0.2, 0) is 10.2 Å². The average molecular weight is 291 g/mol. The van der Waals surface area contributed by atoms with Crippen molar-refractivity contribution >= 4 is 17.3 Å². The molecule has 1 aliphatic rings. The van der Waals surface area contributed by atoms with Gasteiger partial charge in [0.1, 0.15) is 23.9 Å². The Morgan fingerprint density at radius 3 is 2.50 bits per heavy atom. The molecule has 108 valence electrons. The summed E-state index contributed by atoms with van der Waals surface area (Å²) >= 11 is 0. The Balaban J connectivity index is 2.42. The van der Waals surface area contributed by atoms with E-state index in [1.165, 1.54) is 0 Å². The summed E-state index contributed by atoms with van der Waals surface area (Å²) in [6, 6.07) is 10.4. The van der Waals surface area contributed by atoms with Crippen LogP contribution in [0, 0.1) is 34.0 Å². The molecular formula is C16H13N5O. The molecule has 0 bridgehead atoms. The van der Waals surface area contributed by atoms with E-state index in [1.807, 2.05) is 19.9 Å². The van der Waals surface area contributed by atoms with Crippen LogP contribution in [0.25, 0.3) is 0 Å². The first-order chi connectivity index (χ1) is 10.4. The highest BCUT2D eigenvalue weighted by Gasteiger charge is 2.31. The molecule has 22 heavy (non-hydrogen) atoms. The number of nitrogens with zero attached hydrogens (tertiary/aromatic N) is 3. The van der Waals surface area contributed by atoms with E-state index in [1.54, 1.807) is 30.3 Å². The van der Waals surface area contributed by atoms with Crippen molar-refractivity contribution in [1.82, 2.24) is 0 Å². The van der Waals surface area contributed by atoms with Crippen LogP contribution in [0.4, 0.5) is 11.4 Å². The van der Waals surface area contributed by atoms with Crippen LogP contribution in [0.3, 0.4) is 0 Å². The van der Waals surface area contributed by atoms with Gasteiger partial charge in [0.05, 0.1) is 0 Å². The zero-order chi connectivity index (χ0) is 16.3. The topological polar surface area (TPSA) is 112 Å². The molecule has 1 amide bonds. The summed E-state index contributed by atoms with van der Waals surface area (Å²) in [5.41, 5.74) is 1.52. The Labute approximate surface area is 128 Å². The van der Waals surface area contributed by atoms with Gasteiger partial charge in [-0.15, -0.1) is 0 Å². The van der Waals surface area contributed by atoms with Gasteiger partial charge in [0.2, 0.25) is 5.91 Å². The number of anilines is 2. The van der Waals surface area contributed by atoms with Crippen molar-refractivity contribution in [1.29, 1.82) is 15.8 Å². The molecule has 0 unspecified atom stereocenters. The number of carbonyl (C=O) groups excluding carboxylic acids is 1. The van der Waals surface area contributed by atoms with Crippen LogP contribution in [-0.4, -0.2) is 5.91 Å². The van der Waals surface area contributed by atoms with Crippen molar-refractivity contribution in [3.8, 4) is 18.2 Å². The van der Waals surface area contributed by atoms with Crippen molar-refractivity contribution in [3.05, 3.63) is 35.0 Å². The number of allylic oxidation sites excluding steroid dienone is 2. The molecule has 1 aromatic rings. The van der Waals surface area contributed by atoms with Gasteiger partial charge >= 0.3 is 0 Å². The molecular weight excluding hydrogens is 278 g/mol. The lowest BCUT2D eigenvalue weighted by Gasteiger charge is -2.32. The molecule has 2 N–H and O–H groups in total. The van der Waals surface area contributed by atoms with Crippen LogP contribution in [0.1, 0.15) is 25.8 Å². The lowest BCUT2D eigenvalue weighted by molar-refractivity contribution is -0.117. The maximum atomic E-state index is 11.8. The average Bonchev–Trinajstić information content (AvgIpc) is 2.45. The van der Waals surface area contributed by atoms with E-state index in [0.29, 0.717) is 17.8 Å². The van der Waals surface area contributed by atoms with Crippen molar-refractivity contribution in [2.75, 3.05) is 10.6 Å². The summed E-state index contributed by atoms with van der Waals surface area (Å²) in [5, 5.41) is 32.2. The van der Waals surface area contributed by atoms with E-state index in [0.717, 1.165) is 5.56 Å². The fourth-order valence-electron chi connectivity index (χ4n) is 2.43. The molecule has 6 nitrogen and oxygen atoms in total. The number of hydrogen-bond acceptors (Lipinski definition) is 5. The summed E-state index contributed by atoms with van der Waals surface area (Å²) in [5.74, 6) is -0.0690. The van der Waals surface area contributed by atoms with Gasteiger partial charge < -0.3 is 10.6 Å². The van der Waals surface area contributed by atoms with Gasteiger partial charge in [0.25, 0.3) is 0 Å². The number of rotatable bonds is 2. The van der Waals surface area contributed by atoms with Crippen LogP contribution < -0.4 is 10.6 Å². The molecule has 1 aliphatic heterocycles. The van der Waals surface area contributed by atoms with Gasteiger partial charge in [-0.2, -0.15) is 15.8 Å². The molecule has 0 spiro atoms. The number of nitriles is 3. The summed E-state index contributed by atoms with van der Waals surface area (Å²) in [6.45, 7) is 3.98. The van der Waals surface area contributed by atoms with Gasteiger partial charge in [-0.3, -0.25) is 4.79 Å². The number of nitrogens with one attached hydrogen (secondary N) is 2. The molecule has 0 radical (unpaired) electrons. The third kappa shape index (κ3) is 2.75. The van der Waals surface area contributed by atoms with E-state index >= 15 is 0 Å². The predicted molar refractivity (Wildman–Crippen MR) is 80.2 cm³/mol. The number of fused-ring (bicyclic) bond motifs is 1. The summed E-state index contributed by atoms with van der Waals surface area (Å²) in [4.78, 5) is 11.8. The molecule has 0 aromatic heterocycles. The van der Waals surface area contributed by atoms with E-state index in [9.17, 15) is 4.79 Å².